The number of nitrogens with zero attached hydrogens (tertiary/aromatic N) is 4. The van der Waals surface area contributed by atoms with Gasteiger partial charge in [-0.1, -0.05) is 19.1 Å². The molecule has 0 spiro atoms. The van der Waals surface area contributed by atoms with Crippen LogP contribution in [0.5, 0.6) is 5.75 Å². The van der Waals surface area contributed by atoms with E-state index in [1.807, 2.05) is 42.8 Å². The molecule has 1 aromatic carbocycles. The Morgan fingerprint density at radius 2 is 2.00 bits per heavy atom. The SMILES string of the molecule is COc1ccc(CN=C(NCc2nnc(C)n2C)NC2CC2C)cc1.I. The molecule has 1 aliphatic rings. The summed E-state index contributed by atoms with van der Waals surface area (Å²) in [5, 5.41) is 15.1. The van der Waals surface area contributed by atoms with E-state index in [-0.39, 0.29) is 24.0 Å². The maximum absolute atomic E-state index is 5.19. The first-order valence-electron chi connectivity index (χ1n) is 8.59. The Morgan fingerprint density at radius 3 is 2.54 bits per heavy atom. The van der Waals surface area contributed by atoms with Gasteiger partial charge in [-0.25, -0.2) is 4.99 Å². The number of ether oxygens (including phenoxy) is 1. The van der Waals surface area contributed by atoms with E-state index in [1.54, 1.807) is 7.11 Å². The highest BCUT2D eigenvalue weighted by molar-refractivity contribution is 14.0. The highest BCUT2D eigenvalue weighted by atomic mass is 127. The predicted octanol–water partition coefficient (Wildman–Crippen LogP) is 2.39. The normalized spacial score (nSPS) is 18.8. The highest BCUT2D eigenvalue weighted by Crippen LogP contribution is 2.28. The summed E-state index contributed by atoms with van der Waals surface area (Å²) in [4.78, 5) is 4.71. The van der Waals surface area contributed by atoms with E-state index in [4.69, 9.17) is 9.73 Å². The summed E-state index contributed by atoms with van der Waals surface area (Å²) in [6.45, 7) is 5.38. The maximum Gasteiger partial charge on any atom is 0.192 e. The van der Waals surface area contributed by atoms with Gasteiger partial charge in [0.25, 0.3) is 0 Å². The molecule has 8 heteroatoms. The lowest BCUT2D eigenvalue weighted by atomic mass is 10.2. The molecule has 1 aliphatic carbocycles. The van der Waals surface area contributed by atoms with Crippen molar-refractivity contribution in [3.05, 3.63) is 41.5 Å². The number of aryl methyl sites for hydroxylation is 1. The fraction of sp³-hybridized carbons (Fsp3) is 0.500. The van der Waals surface area contributed by atoms with Crippen molar-refractivity contribution >= 4 is 29.9 Å². The summed E-state index contributed by atoms with van der Waals surface area (Å²) in [6, 6.07) is 8.48. The number of aromatic nitrogens is 3. The lowest BCUT2D eigenvalue weighted by molar-refractivity contribution is 0.414. The Morgan fingerprint density at radius 1 is 1.31 bits per heavy atom. The molecule has 1 heterocycles. The van der Waals surface area contributed by atoms with Crippen molar-refractivity contribution < 1.29 is 4.74 Å². The van der Waals surface area contributed by atoms with Gasteiger partial charge in [0.1, 0.15) is 11.6 Å². The molecule has 0 saturated heterocycles. The van der Waals surface area contributed by atoms with Gasteiger partial charge in [0.05, 0.1) is 20.2 Å². The van der Waals surface area contributed by atoms with Gasteiger partial charge < -0.3 is 19.9 Å². The monoisotopic (exact) mass is 470 g/mol. The van der Waals surface area contributed by atoms with Gasteiger partial charge in [-0.2, -0.15) is 0 Å². The lowest BCUT2D eigenvalue weighted by Crippen LogP contribution is -2.39. The summed E-state index contributed by atoms with van der Waals surface area (Å²) >= 11 is 0. The van der Waals surface area contributed by atoms with Crippen LogP contribution in [0.25, 0.3) is 0 Å². The third-order valence-corrected chi connectivity index (χ3v) is 4.61. The largest absolute Gasteiger partial charge is 0.497 e. The Bertz CT molecular complexity index is 743. The van der Waals surface area contributed by atoms with Crippen molar-refractivity contribution in [1.29, 1.82) is 0 Å². The Balaban J connectivity index is 0.00000243. The summed E-state index contributed by atoms with van der Waals surface area (Å²) in [6.07, 6.45) is 1.19. The van der Waals surface area contributed by atoms with Gasteiger partial charge in [-0.05, 0) is 37.0 Å². The van der Waals surface area contributed by atoms with Crippen LogP contribution in [0.1, 0.15) is 30.6 Å². The zero-order valence-corrected chi connectivity index (χ0v) is 18.0. The molecular weight excluding hydrogens is 443 g/mol. The molecule has 142 valence electrons. The average Bonchev–Trinajstić information content (AvgIpc) is 3.23. The minimum Gasteiger partial charge on any atom is -0.497 e. The number of halogens is 1. The van der Waals surface area contributed by atoms with Crippen molar-refractivity contribution in [3.8, 4) is 5.75 Å². The molecule has 0 amide bonds. The minimum atomic E-state index is 0. The van der Waals surface area contributed by atoms with Gasteiger partial charge in [0, 0.05) is 13.1 Å². The standard InChI is InChI=1S/C18H26N6O.HI/c1-12-9-16(12)21-18(20-11-17-23-22-13(2)24(17)3)19-10-14-5-7-15(25-4)8-6-14;/h5-8,12,16H,9-11H2,1-4H3,(H2,19,20,21);1H. The molecule has 1 saturated carbocycles. The maximum atomic E-state index is 5.19. The van der Waals surface area contributed by atoms with Crippen LogP contribution in [0.15, 0.2) is 29.3 Å². The summed E-state index contributed by atoms with van der Waals surface area (Å²) < 4.78 is 7.17. The van der Waals surface area contributed by atoms with Crippen molar-refractivity contribution in [2.24, 2.45) is 18.0 Å². The topological polar surface area (TPSA) is 76.4 Å². The van der Waals surface area contributed by atoms with Gasteiger partial charge in [-0.3, -0.25) is 0 Å². The minimum absolute atomic E-state index is 0. The Kier molecular flexibility index (Phi) is 7.24. The number of methoxy groups -OCH3 is 1. The molecule has 2 N–H and O–H groups in total. The first kappa shape index (κ1) is 20.5. The lowest BCUT2D eigenvalue weighted by Gasteiger charge is -2.12. The van der Waals surface area contributed by atoms with Gasteiger partial charge >= 0.3 is 0 Å². The third-order valence-electron chi connectivity index (χ3n) is 4.61. The molecule has 7 nitrogen and oxygen atoms in total. The van der Waals surface area contributed by atoms with E-state index in [9.17, 15) is 0 Å². The van der Waals surface area contributed by atoms with Crippen LogP contribution >= 0.6 is 24.0 Å². The molecule has 3 rings (SSSR count). The first-order valence-corrected chi connectivity index (χ1v) is 8.59. The van der Waals surface area contributed by atoms with Crippen LogP contribution in [0, 0.1) is 12.8 Å². The fourth-order valence-electron chi connectivity index (χ4n) is 2.52. The fourth-order valence-corrected chi connectivity index (χ4v) is 2.52. The van der Waals surface area contributed by atoms with Crippen LogP contribution in [-0.2, 0) is 20.1 Å². The summed E-state index contributed by atoms with van der Waals surface area (Å²) in [7, 11) is 3.64. The quantitative estimate of drug-likeness (QED) is 0.385. The third kappa shape index (κ3) is 5.33. The van der Waals surface area contributed by atoms with E-state index in [0.29, 0.717) is 25.0 Å². The highest BCUT2D eigenvalue weighted by Gasteiger charge is 2.33. The van der Waals surface area contributed by atoms with Crippen LogP contribution in [0.2, 0.25) is 0 Å². The molecule has 2 unspecified atom stereocenters. The Labute approximate surface area is 171 Å². The Hall–Kier alpha value is -1.84. The van der Waals surface area contributed by atoms with Crippen molar-refractivity contribution in [2.45, 2.75) is 39.4 Å². The van der Waals surface area contributed by atoms with E-state index in [0.717, 1.165) is 28.9 Å². The zero-order valence-electron chi connectivity index (χ0n) is 15.7. The van der Waals surface area contributed by atoms with Gasteiger partial charge in [-0.15, -0.1) is 34.2 Å². The van der Waals surface area contributed by atoms with Crippen molar-refractivity contribution in [3.63, 3.8) is 0 Å². The van der Waals surface area contributed by atoms with Crippen LogP contribution < -0.4 is 15.4 Å². The van der Waals surface area contributed by atoms with Crippen LogP contribution in [-0.4, -0.2) is 33.9 Å². The smallest absolute Gasteiger partial charge is 0.192 e. The summed E-state index contributed by atoms with van der Waals surface area (Å²) in [5.74, 6) is 4.15. The molecule has 2 atom stereocenters. The second kappa shape index (κ2) is 9.20. The number of hydrogen-bond donors (Lipinski definition) is 2. The van der Waals surface area contributed by atoms with Gasteiger partial charge in [0.15, 0.2) is 11.8 Å². The van der Waals surface area contributed by atoms with Gasteiger partial charge in [0.2, 0.25) is 0 Å². The second-order valence-corrected chi connectivity index (χ2v) is 6.55. The molecular formula is C18H27IN6O. The average molecular weight is 470 g/mol. The van der Waals surface area contributed by atoms with E-state index in [2.05, 4.69) is 27.8 Å². The number of nitrogens with one attached hydrogen (secondary N) is 2. The molecule has 0 bridgehead atoms. The number of aliphatic imine (C=N–C) groups is 1. The van der Waals surface area contributed by atoms with E-state index in [1.165, 1.54) is 6.42 Å². The molecule has 26 heavy (non-hydrogen) atoms. The first-order chi connectivity index (χ1) is 12.1. The number of rotatable bonds is 6. The summed E-state index contributed by atoms with van der Waals surface area (Å²) in [5.41, 5.74) is 1.14. The molecule has 1 aromatic heterocycles. The number of benzene rings is 1. The van der Waals surface area contributed by atoms with Crippen molar-refractivity contribution in [2.75, 3.05) is 7.11 Å². The zero-order chi connectivity index (χ0) is 17.8. The molecule has 1 fully saturated rings. The number of guanidine groups is 1. The second-order valence-electron chi connectivity index (χ2n) is 6.55. The molecule has 0 radical (unpaired) electrons. The van der Waals surface area contributed by atoms with E-state index < -0.39 is 0 Å². The molecule has 0 aliphatic heterocycles. The van der Waals surface area contributed by atoms with Crippen LogP contribution in [0.4, 0.5) is 0 Å². The molecule has 2 aromatic rings. The van der Waals surface area contributed by atoms with E-state index >= 15 is 0 Å². The van der Waals surface area contributed by atoms with Crippen molar-refractivity contribution in [1.82, 2.24) is 25.4 Å². The predicted molar refractivity (Wildman–Crippen MR) is 113 cm³/mol. The number of hydrogen-bond acceptors (Lipinski definition) is 4. The van der Waals surface area contributed by atoms with Crippen LogP contribution in [0.3, 0.4) is 0 Å².